The van der Waals surface area contributed by atoms with Gasteiger partial charge in [-0.2, -0.15) is 5.10 Å². The topological polar surface area (TPSA) is 59.0 Å². The van der Waals surface area contributed by atoms with Crippen LogP contribution in [0.5, 0.6) is 0 Å². The summed E-state index contributed by atoms with van der Waals surface area (Å²) in [4.78, 5) is 12.0. The van der Waals surface area contributed by atoms with Crippen molar-refractivity contribution in [1.82, 2.24) is 15.1 Å². The van der Waals surface area contributed by atoms with E-state index in [0.29, 0.717) is 0 Å². The second-order valence-electron chi connectivity index (χ2n) is 4.81. The van der Waals surface area contributed by atoms with Gasteiger partial charge in [0.2, 0.25) is 5.91 Å². The van der Waals surface area contributed by atoms with Crippen LogP contribution in [0, 0.1) is 0 Å². The Hall–Kier alpha value is -2.14. The van der Waals surface area contributed by atoms with Crippen LogP contribution in [0.25, 0.3) is 0 Å². The number of hydrogen-bond donors (Lipinski definition) is 2. The van der Waals surface area contributed by atoms with Crippen LogP contribution in [0.4, 0.5) is 5.69 Å². The molecule has 0 spiro atoms. The Kier molecular flexibility index (Phi) is 3.05. The molecule has 0 fully saturated rings. The lowest BCUT2D eigenvalue weighted by molar-refractivity contribution is -0.117. The number of rotatable bonds is 4. The minimum atomic E-state index is -0.276. The fourth-order valence-corrected chi connectivity index (χ4v) is 2.40. The van der Waals surface area contributed by atoms with Crippen molar-refractivity contribution in [3.8, 4) is 0 Å². The zero-order chi connectivity index (χ0) is 13.2. The van der Waals surface area contributed by atoms with Crippen molar-refractivity contribution in [2.24, 2.45) is 0 Å². The molecule has 5 heteroatoms. The summed E-state index contributed by atoms with van der Waals surface area (Å²) in [6.45, 7) is 2.79. The van der Waals surface area contributed by atoms with E-state index in [4.69, 9.17) is 0 Å². The molecule has 0 saturated heterocycles. The van der Waals surface area contributed by atoms with Gasteiger partial charge in [-0.05, 0) is 19.1 Å². The van der Waals surface area contributed by atoms with E-state index >= 15 is 0 Å². The highest BCUT2D eigenvalue weighted by Crippen LogP contribution is 2.30. The number of aromatic nitrogens is 2. The Labute approximate surface area is 111 Å². The molecule has 1 aliphatic heterocycles. The number of hydrogen-bond acceptors (Lipinski definition) is 3. The first kappa shape index (κ1) is 11.9. The smallest absolute Gasteiger partial charge is 0.246 e. The Morgan fingerprint density at radius 2 is 2.26 bits per heavy atom. The van der Waals surface area contributed by atoms with E-state index in [1.54, 1.807) is 6.20 Å². The van der Waals surface area contributed by atoms with Crippen LogP contribution in [0.15, 0.2) is 42.7 Å². The molecule has 2 heterocycles. The fraction of sp³-hybridized carbons (Fsp3) is 0.286. The van der Waals surface area contributed by atoms with Crippen LogP contribution in [0.3, 0.4) is 0 Å². The average molecular weight is 256 g/mol. The SMILES string of the molecule is CC(Cn1cccn1)NC1C(=O)Nc2ccccc21. The minimum Gasteiger partial charge on any atom is -0.324 e. The van der Waals surface area contributed by atoms with E-state index in [-0.39, 0.29) is 18.0 Å². The molecule has 3 rings (SSSR count). The van der Waals surface area contributed by atoms with Crippen molar-refractivity contribution in [3.63, 3.8) is 0 Å². The van der Waals surface area contributed by atoms with Crippen LogP contribution in [-0.4, -0.2) is 21.7 Å². The van der Waals surface area contributed by atoms with E-state index < -0.39 is 0 Å². The summed E-state index contributed by atoms with van der Waals surface area (Å²) in [6.07, 6.45) is 3.67. The maximum absolute atomic E-state index is 12.0. The number of carbonyl (C=O) groups is 1. The quantitative estimate of drug-likeness (QED) is 0.872. The second kappa shape index (κ2) is 4.85. The van der Waals surface area contributed by atoms with Crippen LogP contribution < -0.4 is 10.6 Å². The Balaban J connectivity index is 1.71. The van der Waals surface area contributed by atoms with E-state index in [2.05, 4.69) is 22.7 Å². The number of amides is 1. The van der Waals surface area contributed by atoms with Crippen molar-refractivity contribution < 1.29 is 4.79 Å². The van der Waals surface area contributed by atoms with Gasteiger partial charge < -0.3 is 5.32 Å². The zero-order valence-corrected chi connectivity index (χ0v) is 10.7. The largest absolute Gasteiger partial charge is 0.324 e. The first-order valence-corrected chi connectivity index (χ1v) is 6.37. The molecule has 19 heavy (non-hydrogen) atoms. The Bertz CT molecular complexity index is 579. The normalized spacial score (nSPS) is 19.0. The predicted octanol–water partition coefficient (Wildman–Crippen LogP) is 1.55. The highest BCUT2D eigenvalue weighted by atomic mass is 16.2. The van der Waals surface area contributed by atoms with E-state index in [1.807, 2.05) is 41.2 Å². The third-order valence-electron chi connectivity index (χ3n) is 3.26. The maximum atomic E-state index is 12.0. The number of nitrogens with one attached hydrogen (secondary N) is 2. The summed E-state index contributed by atoms with van der Waals surface area (Å²) in [5.74, 6) is 0.00788. The number of carbonyl (C=O) groups excluding carboxylic acids is 1. The summed E-state index contributed by atoms with van der Waals surface area (Å²) < 4.78 is 1.86. The van der Waals surface area contributed by atoms with Gasteiger partial charge in [-0.3, -0.25) is 14.8 Å². The van der Waals surface area contributed by atoms with Gasteiger partial charge in [0.25, 0.3) is 0 Å². The molecule has 5 nitrogen and oxygen atoms in total. The molecule has 2 aromatic rings. The average Bonchev–Trinajstić information content (AvgIpc) is 2.99. The van der Waals surface area contributed by atoms with Crippen molar-refractivity contribution in [3.05, 3.63) is 48.3 Å². The van der Waals surface area contributed by atoms with Crippen molar-refractivity contribution in [2.75, 3.05) is 5.32 Å². The highest BCUT2D eigenvalue weighted by Gasteiger charge is 2.30. The third-order valence-corrected chi connectivity index (χ3v) is 3.26. The Morgan fingerprint density at radius 3 is 3.05 bits per heavy atom. The van der Waals surface area contributed by atoms with E-state index in [1.165, 1.54) is 0 Å². The third kappa shape index (κ3) is 2.37. The molecule has 1 amide bonds. The highest BCUT2D eigenvalue weighted by molar-refractivity contribution is 6.02. The standard InChI is InChI=1S/C14H16N4O/c1-10(9-18-8-4-7-15-18)16-13-11-5-2-3-6-12(11)17-14(13)19/h2-8,10,13,16H,9H2,1H3,(H,17,19). The lowest BCUT2D eigenvalue weighted by Gasteiger charge is -2.18. The van der Waals surface area contributed by atoms with E-state index in [0.717, 1.165) is 17.8 Å². The van der Waals surface area contributed by atoms with Gasteiger partial charge >= 0.3 is 0 Å². The molecule has 0 saturated carbocycles. The first-order valence-electron chi connectivity index (χ1n) is 6.37. The molecule has 98 valence electrons. The van der Waals surface area contributed by atoms with Crippen molar-refractivity contribution in [1.29, 1.82) is 0 Å². The zero-order valence-electron chi connectivity index (χ0n) is 10.7. The fourth-order valence-electron chi connectivity index (χ4n) is 2.40. The van der Waals surface area contributed by atoms with Gasteiger partial charge in [0.1, 0.15) is 6.04 Å². The minimum absolute atomic E-state index is 0.00788. The summed E-state index contributed by atoms with van der Waals surface area (Å²) >= 11 is 0. The lowest BCUT2D eigenvalue weighted by Crippen LogP contribution is -2.37. The van der Waals surface area contributed by atoms with Crippen LogP contribution in [0.2, 0.25) is 0 Å². The molecule has 1 aromatic heterocycles. The number of para-hydroxylation sites is 1. The second-order valence-corrected chi connectivity index (χ2v) is 4.81. The molecular weight excluding hydrogens is 240 g/mol. The molecule has 2 N–H and O–H groups in total. The van der Waals surface area contributed by atoms with Gasteiger partial charge in [-0.15, -0.1) is 0 Å². The van der Waals surface area contributed by atoms with Crippen LogP contribution in [-0.2, 0) is 11.3 Å². The summed E-state index contributed by atoms with van der Waals surface area (Å²) in [6, 6.07) is 9.55. The predicted molar refractivity (Wildman–Crippen MR) is 72.6 cm³/mol. The van der Waals surface area contributed by atoms with Gasteiger partial charge in [-0.1, -0.05) is 18.2 Å². The lowest BCUT2D eigenvalue weighted by atomic mass is 10.1. The molecule has 2 atom stereocenters. The molecule has 0 bridgehead atoms. The summed E-state index contributed by atoms with van der Waals surface area (Å²) in [5.41, 5.74) is 1.91. The van der Waals surface area contributed by atoms with Gasteiger partial charge in [0.15, 0.2) is 0 Å². The molecular formula is C14H16N4O. The maximum Gasteiger partial charge on any atom is 0.246 e. The number of nitrogens with zero attached hydrogens (tertiary/aromatic N) is 2. The summed E-state index contributed by atoms with van der Waals surface area (Å²) in [7, 11) is 0. The van der Waals surface area contributed by atoms with E-state index in [9.17, 15) is 4.79 Å². The number of benzene rings is 1. The molecule has 1 aromatic carbocycles. The van der Waals surface area contributed by atoms with Gasteiger partial charge in [-0.25, -0.2) is 0 Å². The van der Waals surface area contributed by atoms with Crippen molar-refractivity contribution in [2.45, 2.75) is 25.6 Å². The number of anilines is 1. The van der Waals surface area contributed by atoms with Gasteiger partial charge in [0, 0.05) is 29.7 Å². The first-order chi connectivity index (χ1) is 9.24. The van der Waals surface area contributed by atoms with Crippen molar-refractivity contribution >= 4 is 11.6 Å². The summed E-state index contributed by atoms with van der Waals surface area (Å²) in [5, 5.41) is 10.4. The molecule has 0 radical (unpaired) electrons. The molecule has 2 unspecified atom stereocenters. The van der Waals surface area contributed by atoms with Crippen LogP contribution >= 0.6 is 0 Å². The van der Waals surface area contributed by atoms with Gasteiger partial charge in [0.05, 0.1) is 6.54 Å². The molecule has 1 aliphatic rings. The molecule has 0 aliphatic carbocycles. The van der Waals surface area contributed by atoms with Crippen LogP contribution in [0.1, 0.15) is 18.5 Å². The Morgan fingerprint density at radius 1 is 1.42 bits per heavy atom. The number of fused-ring (bicyclic) bond motifs is 1. The monoisotopic (exact) mass is 256 g/mol.